The minimum Gasteiger partial charge on any atom is -0.378 e. The van der Waals surface area contributed by atoms with Crippen LogP contribution in [0.1, 0.15) is 17.0 Å². The molecular weight excluding hydrogens is 434 g/mol. The van der Waals surface area contributed by atoms with Crippen molar-refractivity contribution in [2.45, 2.75) is 21.7 Å². The van der Waals surface area contributed by atoms with Crippen LogP contribution in [0.4, 0.5) is 5.69 Å². The van der Waals surface area contributed by atoms with Crippen LogP contribution in [0.25, 0.3) is 0 Å². The first kappa shape index (κ1) is 19.4. The molecule has 4 nitrogen and oxygen atoms in total. The predicted octanol–water partition coefficient (Wildman–Crippen LogP) is 4.95. The summed E-state index contributed by atoms with van der Waals surface area (Å²) >= 11 is 5.18. The van der Waals surface area contributed by atoms with Crippen molar-refractivity contribution in [3.8, 4) is 0 Å². The Morgan fingerprint density at radius 2 is 1.82 bits per heavy atom. The molecule has 3 aromatic rings. The van der Waals surface area contributed by atoms with Gasteiger partial charge < -0.3 is 9.64 Å². The van der Waals surface area contributed by atoms with Crippen LogP contribution in [0.15, 0.2) is 70.7 Å². The Morgan fingerprint density at radius 1 is 1.00 bits per heavy atom. The van der Waals surface area contributed by atoms with Crippen molar-refractivity contribution in [1.29, 1.82) is 0 Å². The summed E-state index contributed by atoms with van der Waals surface area (Å²) in [5, 5.41) is 1.83. The maximum atomic E-state index is 5.43. The molecule has 1 saturated heterocycles. The van der Waals surface area contributed by atoms with Crippen LogP contribution in [0.2, 0.25) is 0 Å². The molecular formula is C22H22BrN3OS. The van der Waals surface area contributed by atoms with E-state index in [4.69, 9.17) is 9.72 Å². The molecule has 1 aromatic heterocycles. The Hall–Kier alpha value is -1.89. The van der Waals surface area contributed by atoms with Crippen LogP contribution in [0.3, 0.4) is 0 Å². The van der Waals surface area contributed by atoms with Crippen molar-refractivity contribution in [1.82, 2.24) is 9.97 Å². The van der Waals surface area contributed by atoms with Gasteiger partial charge in [0.05, 0.1) is 13.2 Å². The third-order valence-electron chi connectivity index (χ3n) is 4.63. The number of halogens is 1. The average molecular weight is 456 g/mol. The van der Waals surface area contributed by atoms with Gasteiger partial charge >= 0.3 is 0 Å². The normalized spacial score (nSPS) is 14.2. The van der Waals surface area contributed by atoms with E-state index in [-0.39, 0.29) is 0 Å². The molecule has 0 atom stereocenters. The second-order valence-electron chi connectivity index (χ2n) is 6.64. The van der Waals surface area contributed by atoms with Crippen molar-refractivity contribution in [3.05, 3.63) is 77.7 Å². The van der Waals surface area contributed by atoms with Gasteiger partial charge in [0.2, 0.25) is 0 Å². The molecule has 0 amide bonds. The summed E-state index contributed by atoms with van der Waals surface area (Å²) in [6.07, 6.45) is 2.58. The highest BCUT2D eigenvalue weighted by Gasteiger charge is 2.11. The van der Waals surface area contributed by atoms with Crippen LogP contribution in [-0.4, -0.2) is 36.3 Å². The summed E-state index contributed by atoms with van der Waals surface area (Å²) in [5.41, 5.74) is 3.74. The molecule has 0 aliphatic carbocycles. The Labute approximate surface area is 178 Å². The molecule has 0 saturated carbocycles. The maximum Gasteiger partial charge on any atom is 0.133 e. The second kappa shape index (κ2) is 9.54. The van der Waals surface area contributed by atoms with E-state index < -0.39 is 0 Å². The first-order valence-corrected chi connectivity index (χ1v) is 11.3. The monoisotopic (exact) mass is 455 g/mol. The molecule has 4 rings (SSSR count). The SMILES string of the molecule is BrCc1cccc(Sc2ccnc(Cc3ccc(N4CCOCC4)cc3)n2)c1. The number of hydrogen-bond acceptors (Lipinski definition) is 5. The summed E-state index contributed by atoms with van der Waals surface area (Å²) in [6.45, 7) is 3.52. The molecule has 0 unspecified atom stereocenters. The Kier molecular flexibility index (Phi) is 6.62. The fraction of sp³-hybridized carbons (Fsp3) is 0.273. The zero-order valence-corrected chi connectivity index (χ0v) is 18.0. The molecule has 0 radical (unpaired) electrons. The van der Waals surface area contributed by atoms with Gasteiger partial charge in [-0.2, -0.15) is 0 Å². The molecule has 2 heterocycles. The molecule has 144 valence electrons. The number of morpholine rings is 1. The summed E-state index contributed by atoms with van der Waals surface area (Å²) in [6, 6.07) is 19.2. The number of hydrogen-bond donors (Lipinski definition) is 0. The first-order chi connectivity index (χ1) is 13.8. The topological polar surface area (TPSA) is 38.2 Å². The van der Waals surface area contributed by atoms with E-state index in [1.807, 2.05) is 12.3 Å². The lowest BCUT2D eigenvalue weighted by molar-refractivity contribution is 0.122. The van der Waals surface area contributed by atoms with Gasteiger partial charge in [0.25, 0.3) is 0 Å². The van der Waals surface area contributed by atoms with Gasteiger partial charge in [-0.3, -0.25) is 0 Å². The zero-order chi connectivity index (χ0) is 19.2. The highest BCUT2D eigenvalue weighted by atomic mass is 79.9. The summed E-state index contributed by atoms with van der Waals surface area (Å²) in [7, 11) is 0. The molecule has 0 bridgehead atoms. The van der Waals surface area contributed by atoms with Crippen molar-refractivity contribution >= 4 is 33.4 Å². The predicted molar refractivity (Wildman–Crippen MR) is 118 cm³/mol. The van der Waals surface area contributed by atoms with E-state index in [0.29, 0.717) is 0 Å². The number of anilines is 1. The third kappa shape index (κ3) is 5.13. The molecule has 1 aliphatic heterocycles. The number of aromatic nitrogens is 2. The van der Waals surface area contributed by atoms with Crippen molar-refractivity contribution in [2.24, 2.45) is 0 Å². The number of rotatable bonds is 6. The lowest BCUT2D eigenvalue weighted by Crippen LogP contribution is -2.36. The molecule has 0 N–H and O–H groups in total. The number of nitrogens with zero attached hydrogens (tertiary/aromatic N) is 3. The van der Waals surface area contributed by atoms with E-state index in [9.17, 15) is 0 Å². The van der Waals surface area contributed by atoms with E-state index in [2.05, 4.69) is 74.3 Å². The molecule has 1 fully saturated rings. The molecule has 28 heavy (non-hydrogen) atoms. The fourth-order valence-corrected chi connectivity index (χ4v) is 4.39. The molecule has 6 heteroatoms. The van der Waals surface area contributed by atoms with Crippen LogP contribution in [-0.2, 0) is 16.5 Å². The van der Waals surface area contributed by atoms with Crippen LogP contribution in [0.5, 0.6) is 0 Å². The average Bonchev–Trinajstić information content (AvgIpc) is 2.75. The lowest BCUT2D eigenvalue weighted by atomic mass is 10.1. The zero-order valence-electron chi connectivity index (χ0n) is 15.6. The van der Waals surface area contributed by atoms with E-state index >= 15 is 0 Å². The van der Waals surface area contributed by atoms with Gasteiger partial charge in [-0.1, -0.05) is 52.0 Å². The Balaban J connectivity index is 1.42. The van der Waals surface area contributed by atoms with Gasteiger partial charge in [-0.15, -0.1) is 0 Å². The van der Waals surface area contributed by atoms with Crippen LogP contribution in [0, 0.1) is 0 Å². The first-order valence-electron chi connectivity index (χ1n) is 9.36. The van der Waals surface area contributed by atoms with E-state index in [0.717, 1.165) is 48.9 Å². The lowest BCUT2D eigenvalue weighted by Gasteiger charge is -2.28. The second-order valence-corrected chi connectivity index (χ2v) is 8.29. The van der Waals surface area contributed by atoms with E-state index in [1.165, 1.54) is 21.7 Å². The summed E-state index contributed by atoms with van der Waals surface area (Å²) in [4.78, 5) is 12.8. The number of alkyl halides is 1. The quantitative estimate of drug-likeness (QED) is 0.388. The highest BCUT2D eigenvalue weighted by Crippen LogP contribution is 2.27. The molecule has 2 aromatic carbocycles. The Morgan fingerprint density at radius 3 is 2.61 bits per heavy atom. The maximum absolute atomic E-state index is 5.43. The highest BCUT2D eigenvalue weighted by molar-refractivity contribution is 9.08. The smallest absolute Gasteiger partial charge is 0.133 e. The minimum atomic E-state index is 0.735. The van der Waals surface area contributed by atoms with Crippen molar-refractivity contribution in [2.75, 3.05) is 31.2 Å². The van der Waals surface area contributed by atoms with Crippen molar-refractivity contribution < 1.29 is 4.74 Å². The van der Waals surface area contributed by atoms with Crippen molar-refractivity contribution in [3.63, 3.8) is 0 Å². The van der Waals surface area contributed by atoms with Crippen LogP contribution < -0.4 is 4.90 Å². The van der Waals surface area contributed by atoms with E-state index in [1.54, 1.807) is 11.8 Å². The minimum absolute atomic E-state index is 0.735. The summed E-state index contributed by atoms with van der Waals surface area (Å²) in [5.74, 6) is 0.848. The fourth-order valence-electron chi connectivity index (χ4n) is 3.16. The third-order valence-corrected chi connectivity index (χ3v) is 6.20. The summed E-state index contributed by atoms with van der Waals surface area (Å²) < 4.78 is 5.43. The number of ether oxygens (including phenoxy) is 1. The number of benzene rings is 2. The van der Waals surface area contributed by atoms with Gasteiger partial charge in [-0.25, -0.2) is 9.97 Å². The largest absolute Gasteiger partial charge is 0.378 e. The Bertz CT molecular complexity index is 914. The van der Waals surface area contributed by atoms with Crippen LogP contribution >= 0.6 is 27.7 Å². The molecule has 0 spiro atoms. The van der Waals surface area contributed by atoms with Gasteiger partial charge in [0.15, 0.2) is 0 Å². The van der Waals surface area contributed by atoms with Gasteiger partial charge in [0.1, 0.15) is 10.9 Å². The van der Waals surface area contributed by atoms with Gasteiger partial charge in [0, 0.05) is 41.6 Å². The standard InChI is InChI=1S/C22H22BrN3OS/c23-16-18-2-1-3-20(14-18)28-22-8-9-24-21(25-22)15-17-4-6-19(7-5-17)26-10-12-27-13-11-26/h1-9,14H,10-13,15-16H2. The molecule has 1 aliphatic rings. The van der Waals surface area contributed by atoms with Gasteiger partial charge in [-0.05, 0) is 41.5 Å².